The second-order valence-electron chi connectivity index (χ2n) is 8.12. The lowest BCUT2D eigenvalue weighted by atomic mass is 9.48. The fourth-order valence-electron chi connectivity index (χ4n) is 4.92. The number of ether oxygens (including phenoxy) is 1. The summed E-state index contributed by atoms with van der Waals surface area (Å²) in [7, 11) is 0. The Morgan fingerprint density at radius 1 is 1.24 bits per heavy atom. The van der Waals surface area contributed by atoms with E-state index in [0.29, 0.717) is 11.8 Å². The van der Waals surface area contributed by atoms with Gasteiger partial charge in [0.05, 0.1) is 6.10 Å². The van der Waals surface area contributed by atoms with Gasteiger partial charge in [0.2, 0.25) is 5.91 Å². The molecular formula is C17H30N2O2. The van der Waals surface area contributed by atoms with Crippen LogP contribution >= 0.6 is 0 Å². The maximum atomic E-state index is 12.9. The minimum Gasteiger partial charge on any atom is -0.377 e. The maximum absolute atomic E-state index is 12.9. The molecule has 3 fully saturated rings. The number of nitrogens with two attached hydrogens (primary N) is 1. The minimum atomic E-state index is -0.769. The molecule has 1 heterocycles. The third kappa shape index (κ3) is 1.98. The van der Waals surface area contributed by atoms with E-state index in [2.05, 4.69) is 33.0 Å². The summed E-state index contributed by atoms with van der Waals surface area (Å²) in [5.41, 5.74) is 5.57. The van der Waals surface area contributed by atoms with Gasteiger partial charge in [0, 0.05) is 24.0 Å². The molecular weight excluding hydrogens is 264 g/mol. The van der Waals surface area contributed by atoms with Crippen molar-refractivity contribution in [2.24, 2.45) is 28.9 Å². The number of carbonyl (C=O) groups excluding carboxylic acids is 1. The lowest BCUT2D eigenvalue weighted by Crippen LogP contribution is -2.80. The van der Waals surface area contributed by atoms with Crippen LogP contribution in [0, 0.1) is 23.2 Å². The Hall–Kier alpha value is -0.610. The Labute approximate surface area is 128 Å². The number of amides is 1. The number of rotatable bonds is 2. The Morgan fingerprint density at radius 2 is 1.95 bits per heavy atom. The van der Waals surface area contributed by atoms with Gasteiger partial charge < -0.3 is 15.8 Å². The average Bonchev–Trinajstić information content (AvgIpc) is 2.91. The minimum absolute atomic E-state index is 0.0465. The zero-order valence-corrected chi connectivity index (χ0v) is 13.8. The molecule has 21 heavy (non-hydrogen) atoms. The predicted molar refractivity (Wildman–Crippen MR) is 82.7 cm³/mol. The first-order valence-corrected chi connectivity index (χ1v) is 8.51. The molecule has 0 spiro atoms. The molecule has 3 aliphatic rings. The normalized spacial score (nSPS) is 48.3. The molecule has 1 saturated heterocycles. The molecule has 4 heteroatoms. The van der Waals surface area contributed by atoms with E-state index >= 15 is 0 Å². The molecule has 0 aromatic rings. The average molecular weight is 294 g/mol. The molecule has 2 saturated carbocycles. The third-order valence-electron chi connectivity index (χ3n) is 6.85. The van der Waals surface area contributed by atoms with Crippen molar-refractivity contribution in [3.8, 4) is 0 Å². The zero-order chi connectivity index (χ0) is 15.4. The molecule has 0 radical (unpaired) electrons. The van der Waals surface area contributed by atoms with Crippen LogP contribution in [0.5, 0.6) is 0 Å². The second kappa shape index (κ2) is 4.95. The Kier molecular flexibility index (Phi) is 3.61. The van der Waals surface area contributed by atoms with Gasteiger partial charge in [-0.3, -0.25) is 4.79 Å². The summed E-state index contributed by atoms with van der Waals surface area (Å²) in [6.45, 7) is 9.43. The van der Waals surface area contributed by atoms with E-state index in [-0.39, 0.29) is 29.4 Å². The fourth-order valence-corrected chi connectivity index (χ4v) is 4.92. The van der Waals surface area contributed by atoms with E-state index in [1.165, 1.54) is 12.8 Å². The predicted octanol–water partition coefficient (Wildman–Crippen LogP) is 2.07. The number of hydrogen-bond donors (Lipinski definition) is 2. The Balaban J connectivity index is 1.73. The van der Waals surface area contributed by atoms with Gasteiger partial charge in [0.15, 0.2) is 0 Å². The van der Waals surface area contributed by atoms with Crippen LogP contribution in [0.25, 0.3) is 0 Å². The van der Waals surface area contributed by atoms with Crippen LogP contribution in [0.15, 0.2) is 0 Å². The first kappa shape index (κ1) is 15.3. The van der Waals surface area contributed by atoms with Gasteiger partial charge in [-0.15, -0.1) is 0 Å². The van der Waals surface area contributed by atoms with Crippen molar-refractivity contribution in [3.05, 3.63) is 0 Å². The molecule has 1 amide bonds. The van der Waals surface area contributed by atoms with E-state index < -0.39 is 5.54 Å². The Morgan fingerprint density at radius 3 is 2.67 bits per heavy atom. The Bertz CT molecular complexity index is 437. The van der Waals surface area contributed by atoms with Crippen molar-refractivity contribution in [2.75, 3.05) is 6.61 Å². The van der Waals surface area contributed by atoms with Crippen molar-refractivity contribution >= 4 is 5.91 Å². The molecule has 3 rings (SSSR count). The maximum Gasteiger partial charge on any atom is 0.241 e. The van der Waals surface area contributed by atoms with Crippen molar-refractivity contribution in [1.82, 2.24) is 5.32 Å². The third-order valence-corrected chi connectivity index (χ3v) is 6.85. The fraction of sp³-hybridized carbons (Fsp3) is 0.941. The van der Waals surface area contributed by atoms with E-state index in [1.807, 2.05) is 0 Å². The molecule has 1 aliphatic heterocycles. The summed E-state index contributed by atoms with van der Waals surface area (Å²) in [6, 6.07) is 0.277. The van der Waals surface area contributed by atoms with Crippen LogP contribution < -0.4 is 11.1 Å². The van der Waals surface area contributed by atoms with Crippen LogP contribution in [0.2, 0.25) is 0 Å². The topological polar surface area (TPSA) is 64.4 Å². The highest BCUT2D eigenvalue weighted by molar-refractivity contribution is 5.89. The van der Waals surface area contributed by atoms with E-state index in [0.717, 1.165) is 19.4 Å². The number of hydrogen-bond acceptors (Lipinski definition) is 3. The van der Waals surface area contributed by atoms with Crippen LogP contribution in [-0.2, 0) is 9.53 Å². The van der Waals surface area contributed by atoms with Crippen LogP contribution in [0.4, 0.5) is 0 Å². The molecule has 120 valence electrons. The van der Waals surface area contributed by atoms with Crippen LogP contribution in [0.1, 0.15) is 53.4 Å². The monoisotopic (exact) mass is 294 g/mol. The van der Waals surface area contributed by atoms with E-state index in [1.54, 1.807) is 0 Å². The quantitative estimate of drug-likeness (QED) is 0.819. The molecule has 4 nitrogen and oxygen atoms in total. The molecule has 6 atom stereocenters. The van der Waals surface area contributed by atoms with Gasteiger partial charge in [-0.2, -0.15) is 0 Å². The number of carbonyl (C=O) groups is 1. The first-order chi connectivity index (χ1) is 9.80. The standard InChI is InChI=1S/C17H30N2O2/c1-10-6-5-7-13(11(10)2)19-15(20)17(18)12-8-9-21-14(12)16(17,3)4/h10-14H,5-9,18H2,1-4H3,(H,19,20). The van der Waals surface area contributed by atoms with Gasteiger partial charge in [-0.05, 0) is 24.7 Å². The second-order valence-corrected chi connectivity index (χ2v) is 8.12. The SMILES string of the molecule is CC1CCCC(NC(=O)C2(N)C3CCOC3C2(C)C)C1C. The van der Waals surface area contributed by atoms with E-state index in [9.17, 15) is 4.79 Å². The molecule has 3 N–H and O–H groups in total. The highest BCUT2D eigenvalue weighted by Gasteiger charge is 2.71. The summed E-state index contributed by atoms with van der Waals surface area (Å²) in [5, 5.41) is 3.29. The summed E-state index contributed by atoms with van der Waals surface area (Å²) >= 11 is 0. The summed E-state index contributed by atoms with van der Waals surface area (Å²) in [6.07, 6.45) is 4.61. The van der Waals surface area contributed by atoms with Crippen molar-refractivity contribution in [3.63, 3.8) is 0 Å². The van der Waals surface area contributed by atoms with Gasteiger partial charge in [-0.1, -0.05) is 40.5 Å². The van der Waals surface area contributed by atoms with Crippen LogP contribution in [0.3, 0.4) is 0 Å². The summed E-state index contributed by atoms with van der Waals surface area (Å²) in [4.78, 5) is 12.9. The van der Waals surface area contributed by atoms with Crippen LogP contribution in [-0.4, -0.2) is 30.2 Å². The molecule has 0 aromatic carbocycles. The summed E-state index contributed by atoms with van der Waals surface area (Å²) < 4.78 is 5.78. The van der Waals surface area contributed by atoms with E-state index in [4.69, 9.17) is 10.5 Å². The smallest absolute Gasteiger partial charge is 0.241 e. The van der Waals surface area contributed by atoms with Gasteiger partial charge in [-0.25, -0.2) is 0 Å². The molecule has 6 unspecified atom stereocenters. The molecule has 0 bridgehead atoms. The lowest BCUT2D eigenvalue weighted by Gasteiger charge is -2.61. The zero-order valence-electron chi connectivity index (χ0n) is 13.8. The van der Waals surface area contributed by atoms with Gasteiger partial charge >= 0.3 is 0 Å². The van der Waals surface area contributed by atoms with Gasteiger partial charge in [0.25, 0.3) is 0 Å². The largest absolute Gasteiger partial charge is 0.377 e. The molecule has 0 aromatic heterocycles. The van der Waals surface area contributed by atoms with Crippen molar-refractivity contribution in [2.45, 2.75) is 71.1 Å². The number of fused-ring (bicyclic) bond motifs is 1. The van der Waals surface area contributed by atoms with Crippen molar-refractivity contribution in [1.29, 1.82) is 0 Å². The highest BCUT2D eigenvalue weighted by atomic mass is 16.5. The highest BCUT2D eigenvalue weighted by Crippen LogP contribution is 2.58. The van der Waals surface area contributed by atoms with Crippen molar-refractivity contribution < 1.29 is 9.53 Å². The summed E-state index contributed by atoms with van der Waals surface area (Å²) in [5.74, 6) is 1.44. The number of nitrogens with one attached hydrogen (secondary N) is 1. The first-order valence-electron chi connectivity index (χ1n) is 8.51. The lowest BCUT2D eigenvalue weighted by molar-refractivity contribution is -0.176. The van der Waals surface area contributed by atoms with Gasteiger partial charge in [0.1, 0.15) is 5.54 Å². The molecule has 2 aliphatic carbocycles.